The van der Waals surface area contributed by atoms with E-state index in [0.717, 1.165) is 81.0 Å². The van der Waals surface area contributed by atoms with Crippen LogP contribution in [-0.2, 0) is 22.6 Å². The number of amides is 1. The predicted molar refractivity (Wildman–Crippen MR) is 260 cm³/mol. The number of fused-ring (bicyclic) bond motifs is 5. The SMILES string of the molecule is CC(C(=N)CC(=O)O)C(/C=N/CN1CCCN(C)CC1)CS.CN1CCCN(c2ncc3c(=O)c(NC(=O)Cc4nccn4Cc4ccccc4)c4sc5ccccc5n4c3n2)CC1. The Morgan fingerprint density at radius 1 is 0.969 bits per heavy atom. The van der Waals surface area contributed by atoms with E-state index >= 15 is 0 Å². The number of anilines is 2. The smallest absolute Gasteiger partial charge is 0.309 e. The molecule has 18 heteroatoms. The van der Waals surface area contributed by atoms with E-state index in [1.165, 1.54) is 11.3 Å². The van der Waals surface area contributed by atoms with Gasteiger partial charge in [0.05, 0.1) is 35.1 Å². The lowest BCUT2D eigenvalue weighted by Gasteiger charge is -2.20. The number of aliphatic carboxylic acids is 1. The number of thiol groups is 1. The van der Waals surface area contributed by atoms with Crippen molar-refractivity contribution in [2.45, 2.75) is 39.2 Å². The Morgan fingerprint density at radius 3 is 2.47 bits per heavy atom. The number of nitrogens with zero attached hydrogens (tertiary/aromatic N) is 10. The molecule has 2 unspecified atom stereocenters. The molecule has 4 aromatic heterocycles. The maximum atomic E-state index is 13.9. The third-order valence-electron chi connectivity index (χ3n) is 11.9. The van der Waals surface area contributed by atoms with Gasteiger partial charge in [-0.15, -0.1) is 11.3 Å². The van der Waals surface area contributed by atoms with E-state index in [2.05, 4.69) is 66.6 Å². The van der Waals surface area contributed by atoms with E-state index < -0.39 is 5.97 Å². The highest BCUT2D eigenvalue weighted by Crippen LogP contribution is 2.33. The number of carbonyl (C=O) groups is 2. The van der Waals surface area contributed by atoms with Crippen molar-refractivity contribution >= 4 is 85.5 Å². The van der Waals surface area contributed by atoms with Crippen molar-refractivity contribution in [1.82, 2.24) is 38.6 Å². The van der Waals surface area contributed by atoms with E-state index in [4.69, 9.17) is 15.5 Å². The number of aromatic nitrogens is 5. The standard InChI is InChI=1S/C31H30N8O2S.C15H28N4O2S/c1-36-13-7-14-37(17-16-36)31-33-19-22-28(41)27(30-39(29(22)35-31)23-10-5-6-11-24(23)42-30)34-26(40)18-25-32-12-15-38(25)20-21-8-3-2-4-9-21;1-12(14(16)8-15(20)21)13(10-22)9-17-11-19-5-3-4-18(2)6-7-19/h2-6,8-12,15,19H,7,13-14,16-18,20H2,1H3,(H,34,40);9,12-13,16,22H,3-8,10-11H2,1-2H3,(H,20,21)/b;16-14?,17-9+. The Hall–Kier alpha value is -5.53. The van der Waals surface area contributed by atoms with Crippen molar-refractivity contribution in [2.75, 3.05) is 89.1 Å². The summed E-state index contributed by atoms with van der Waals surface area (Å²) in [5.74, 6) is 0.398. The lowest BCUT2D eigenvalue weighted by atomic mass is 9.90. The van der Waals surface area contributed by atoms with E-state index in [-0.39, 0.29) is 47.4 Å². The Labute approximate surface area is 382 Å². The normalized spacial score (nSPS) is 16.7. The fourth-order valence-electron chi connectivity index (χ4n) is 8.01. The van der Waals surface area contributed by atoms with Gasteiger partial charge in [0.1, 0.15) is 16.3 Å². The minimum absolute atomic E-state index is 0.00448. The van der Waals surface area contributed by atoms with Crippen LogP contribution < -0.4 is 15.6 Å². The molecule has 0 spiro atoms. The molecule has 3 N–H and O–H groups in total. The van der Waals surface area contributed by atoms with Gasteiger partial charge in [0.2, 0.25) is 17.3 Å². The van der Waals surface area contributed by atoms with Gasteiger partial charge in [-0.05, 0) is 63.5 Å². The van der Waals surface area contributed by atoms with Crippen molar-refractivity contribution in [2.24, 2.45) is 16.8 Å². The lowest BCUT2D eigenvalue weighted by Crippen LogP contribution is -2.30. The fourth-order valence-corrected chi connectivity index (χ4v) is 9.56. The van der Waals surface area contributed by atoms with Crippen molar-refractivity contribution in [3.05, 3.63) is 94.8 Å². The maximum Gasteiger partial charge on any atom is 0.309 e. The number of aliphatic imine (C=N–C) groups is 1. The summed E-state index contributed by atoms with van der Waals surface area (Å²) in [5, 5.41) is 19.9. The van der Waals surface area contributed by atoms with Crippen LogP contribution in [0.25, 0.3) is 26.1 Å². The molecule has 8 rings (SSSR count). The second-order valence-electron chi connectivity index (χ2n) is 16.6. The Bertz CT molecular complexity index is 2650. The number of para-hydroxylation sites is 1. The monoisotopic (exact) mass is 906 g/mol. The number of likely N-dealkylation sites (N-methyl/N-ethyl adjacent to an activating group) is 2. The quantitative estimate of drug-likeness (QED) is 0.0818. The molecule has 0 bridgehead atoms. The van der Waals surface area contributed by atoms with Crippen molar-refractivity contribution in [1.29, 1.82) is 5.41 Å². The Balaban J connectivity index is 0.000000237. The number of carboxylic acid groups (broad SMARTS) is 1. The molecule has 6 aromatic rings. The van der Waals surface area contributed by atoms with E-state index in [9.17, 15) is 14.4 Å². The molecule has 2 aromatic carbocycles. The molecule has 64 heavy (non-hydrogen) atoms. The molecule has 2 atom stereocenters. The number of imidazole rings is 1. The summed E-state index contributed by atoms with van der Waals surface area (Å²) >= 11 is 5.78. The topological polar surface area (TPSA) is 181 Å². The third kappa shape index (κ3) is 11.6. The molecule has 2 aliphatic heterocycles. The molecule has 338 valence electrons. The number of hydrogen-bond donors (Lipinski definition) is 4. The number of thiazole rings is 1. The zero-order valence-corrected chi connectivity index (χ0v) is 38.5. The first-order chi connectivity index (χ1) is 31.0. The van der Waals surface area contributed by atoms with Gasteiger partial charge in [0, 0.05) is 88.2 Å². The molecule has 1 amide bonds. The van der Waals surface area contributed by atoms with Crippen molar-refractivity contribution in [3.63, 3.8) is 0 Å². The minimum Gasteiger partial charge on any atom is -0.481 e. The average Bonchev–Trinajstić information content (AvgIpc) is 3.74. The maximum absolute atomic E-state index is 13.9. The zero-order chi connectivity index (χ0) is 45.2. The number of benzene rings is 2. The number of carbonyl (C=O) groups excluding carboxylic acids is 1. The first-order valence-electron chi connectivity index (χ1n) is 21.8. The Kier molecular flexibility index (Phi) is 15.9. The van der Waals surface area contributed by atoms with Gasteiger partial charge in [-0.25, -0.2) is 9.97 Å². The van der Waals surface area contributed by atoms with Gasteiger partial charge >= 0.3 is 5.97 Å². The molecule has 2 saturated heterocycles. The highest BCUT2D eigenvalue weighted by molar-refractivity contribution is 7.80. The molecule has 16 nitrogen and oxygen atoms in total. The summed E-state index contributed by atoms with van der Waals surface area (Å²) in [6, 6.07) is 18.0. The van der Waals surface area contributed by atoms with Gasteiger partial charge in [-0.2, -0.15) is 17.6 Å². The number of rotatable bonds is 14. The highest BCUT2D eigenvalue weighted by Gasteiger charge is 2.24. The molecular weight excluding hydrogens is 849 g/mol. The van der Waals surface area contributed by atoms with Crippen LogP contribution in [0.5, 0.6) is 0 Å². The van der Waals surface area contributed by atoms with Gasteiger partial charge in [-0.1, -0.05) is 49.4 Å². The largest absolute Gasteiger partial charge is 0.481 e. The Morgan fingerprint density at radius 2 is 1.70 bits per heavy atom. The van der Waals surface area contributed by atoms with E-state index in [1.807, 2.05) is 82.9 Å². The van der Waals surface area contributed by atoms with Gasteiger partial charge in [-0.3, -0.25) is 28.7 Å². The number of pyridine rings is 1. The van der Waals surface area contributed by atoms with Crippen LogP contribution in [0.2, 0.25) is 0 Å². The van der Waals surface area contributed by atoms with Crippen LogP contribution in [0.15, 0.2) is 83.0 Å². The van der Waals surface area contributed by atoms with Crippen molar-refractivity contribution < 1.29 is 14.7 Å². The van der Waals surface area contributed by atoms with Crippen LogP contribution in [0.1, 0.15) is 37.6 Å². The molecule has 2 aliphatic rings. The number of hydrogen-bond acceptors (Lipinski definition) is 14. The van der Waals surface area contributed by atoms with Gasteiger partial charge in [0.25, 0.3) is 0 Å². The highest BCUT2D eigenvalue weighted by atomic mass is 32.1. The summed E-state index contributed by atoms with van der Waals surface area (Å²) in [6.45, 7) is 11.0. The molecule has 6 heterocycles. The lowest BCUT2D eigenvalue weighted by molar-refractivity contribution is -0.135. The summed E-state index contributed by atoms with van der Waals surface area (Å²) in [7, 11) is 4.26. The average molecular weight is 907 g/mol. The van der Waals surface area contributed by atoms with E-state index in [0.29, 0.717) is 46.6 Å². The number of carboxylic acids is 1. The summed E-state index contributed by atoms with van der Waals surface area (Å²) in [4.78, 5) is 66.3. The molecule has 2 fully saturated rings. The van der Waals surface area contributed by atoms with Crippen LogP contribution in [0, 0.1) is 17.2 Å². The third-order valence-corrected chi connectivity index (χ3v) is 13.5. The molecule has 0 saturated carbocycles. The van der Waals surface area contributed by atoms with Gasteiger partial charge < -0.3 is 35.1 Å². The minimum atomic E-state index is -0.958. The summed E-state index contributed by atoms with van der Waals surface area (Å²) in [6.07, 6.45) is 9.01. The number of nitrogens with one attached hydrogen (secondary N) is 2. The zero-order valence-electron chi connectivity index (χ0n) is 36.8. The fraction of sp³-hybridized carbons (Fsp3) is 0.435. The molecule has 0 radical (unpaired) electrons. The second-order valence-corrected chi connectivity index (χ2v) is 18.0. The first kappa shape index (κ1) is 46.5. The van der Waals surface area contributed by atoms with E-state index in [1.54, 1.807) is 12.4 Å². The first-order valence-corrected chi connectivity index (χ1v) is 23.2. The molecular formula is C46H58N12O4S2. The summed E-state index contributed by atoms with van der Waals surface area (Å²) in [5.41, 5.74) is 2.77. The van der Waals surface area contributed by atoms with Crippen LogP contribution >= 0.6 is 24.0 Å². The van der Waals surface area contributed by atoms with Crippen LogP contribution in [0.3, 0.4) is 0 Å². The van der Waals surface area contributed by atoms with Crippen LogP contribution in [0.4, 0.5) is 11.6 Å². The van der Waals surface area contributed by atoms with Crippen molar-refractivity contribution in [3.8, 4) is 0 Å². The molecule has 0 aliphatic carbocycles. The van der Waals surface area contributed by atoms with Crippen LogP contribution in [-0.4, -0.2) is 146 Å². The summed E-state index contributed by atoms with van der Waals surface area (Å²) < 4.78 is 4.93. The van der Waals surface area contributed by atoms with Gasteiger partial charge in [0.15, 0.2) is 5.65 Å². The second kappa shape index (κ2) is 21.9. The predicted octanol–water partition coefficient (Wildman–Crippen LogP) is 5.35.